The van der Waals surface area contributed by atoms with Crippen LogP contribution in [0, 0.1) is 0 Å². The Morgan fingerprint density at radius 2 is 1.18 bits per heavy atom. The lowest BCUT2D eigenvalue weighted by Gasteiger charge is -2.42. The summed E-state index contributed by atoms with van der Waals surface area (Å²) in [5.41, 5.74) is 3.56. The first-order chi connectivity index (χ1) is 16.0. The third-order valence-electron chi connectivity index (χ3n) is 6.32. The predicted molar refractivity (Wildman–Crippen MR) is 131 cm³/mol. The minimum atomic E-state index is -0.875. The molecule has 3 nitrogen and oxygen atoms in total. The van der Waals surface area contributed by atoms with Crippen LogP contribution < -0.4 is 9.47 Å². The summed E-state index contributed by atoms with van der Waals surface area (Å²) in [5.74, 6) is 1.34. The molecule has 33 heavy (non-hydrogen) atoms. The molecule has 0 saturated carbocycles. The highest BCUT2D eigenvalue weighted by molar-refractivity contribution is 6.37. The van der Waals surface area contributed by atoms with Gasteiger partial charge in [0.1, 0.15) is 11.5 Å². The third kappa shape index (κ3) is 3.15. The third-order valence-corrected chi connectivity index (χ3v) is 6.95. The largest absolute Gasteiger partial charge is 0.497 e. The molecule has 0 bridgehead atoms. The van der Waals surface area contributed by atoms with Gasteiger partial charge < -0.3 is 9.47 Å². The van der Waals surface area contributed by atoms with E-state index in [2.05, 4.69) is 0 Å². The summed E-state index contributed by atoms with van der Waals surface area (Å²) in [6.45, 7) is 0. The number of carbonyl (C=O) groups is 1. The molecule has 0 aliphatic heterocycles. The topological polar surface area (TPSA) is 35.5 Å². The van der Waals surface area contributed by atoms with Crippen LogP contribution in [0.25, 0.3) is 0 Å². The van der Waals surface area contributed by atoms with Crippen LogP contribution in [0.15, 0.2) is 84.9 Å². The summed E-state index contributed by atoms with van der Waals surface area (Å²) in [7, 11) is 3.27. The van der Waals surface area contributed by atoms with Gasteiger partial charge in [-0.2, -0.15) is 0 Å². The molecule has 5 heteroatoms. The molecule has 0 atom stereocenters. The number of ketones is 1. The average molecular weight is 475 g/mol. The number of carbonyl (C=O) groups excluding carboxylic acids is 1. The monoisotopic (exact) mass is 474 g/mol. The molecular formula is C28H20Cl2O3. The lowest BCUT2D eigenvalue weighted by atomic mass is 9.59. The zero-order chi connectivity index (χ0) is 23.2. The summed E-state index contributed by atoms with van der Waals surface area (Å²) in [5, 5.41) is 0.924. The molecule has 0 fully saturated rings. The van der Waals surface area contributed by atoms with Crippen LogP contribution in [0.1, 0.15) is 38.2 Å². The van der Waals surface area contributed by atoms with Gasteiger partial charge in [-0.3, -0.25) is 4.79 Å². The normalized spacial score (nSPS) is 13.8. The summed E-state index contributed by atoms with van der Waals surface area (Å²) in [4.78, 5) is 13.6. The predicted octanol–water partition coefficient (Wildman–Crippen LogP) is 6.94. The maximum absolute atomic E-state index is 13.6. The van der Waals surface area contributed by atoms with Crippen molar-refractivity contribution in [3.05, 3.63) is 128 Å². The average Bonchev–Trinajstić information content (AvgIpc) is 2.85. The standard InChI is InChI=1S/C28H20Cl2O3/c1-32-19-13-9-17(10-14-19)28(18-11-15-20(33-2)16-12-18)22-6-4-7-23(29)25(22)27(31)21-5-3-8-24(30)26(21)28/h3-16H,1-2H3. The van der Waals surface area contributed by atoms with E-state index < -0.39 is 5.41 Å². The molecule has 1 aliphatic rings. The van der Waals surface area contributed by atoms with Crippen LogP contribution >= 0.6 is 23.2 Å². The second-order valence-corrected chi connectivity index (χ2v) is 8.68. The summed E-state index contributed by atoms with van der Waals surface area (Å²) in [6, 6.07) is 26.7. The highest BCUT2D eigenvalue weighted by Crippen LogP contribution is 2.54. The van der Waals surface area contributed by atoms with E-state index in [1.54, 1.807) is 26.4 Å². The van der Waals surface area contributed by atoms with Crippen LogP contribution in [0.5, 0.6) is 11.5 Å². The van der Waals surface area contributed by atoms with E-state index in [9.17, 15) is 4.79 Å². The minimum absolute atomic E-state index is 0.134. The summed E-state index contributed by atoms with van der Waals surface area (Å²) in [6.07, 6.45) is 0. The van der Waals surface area contributed by atoms with Crippen molar-refractivity contribution in [3.8, 4) is 11.5 Å². The number of methoxy groups -OCH3 is 2. The van der Waals surface area contributed by atoms with Gasteiger partial charge in [0.2, 0.25) is 0 Å². The molecule has 4 aromatic rings. The van der Waals surface area contributed by atoms with Crippen LogP contribution in [0.4, 0.5) is 0 Å². The second-order valence-electron chi connectivity index (χ2n) is 7.86. The quantitative estimate of drug-likeness (QED) is 0.283. The number of hydrogen-bond donors (Lipinski definition) is 0. The number of ether oxygens (including phenoxy) is 2. The van der Waals surface area contributed by atoms with Crippen molar-refractivity contribution in [1.82, 2.24) is 0 Å². The molecule has 0 saturated heterocycles. The zero-order valence-corrected chi connectivity index (χ0v) is 19.6. The number of benzene rings is 4. The molecule has 4 aromatic carbocycles. The van der Waals surface area contributed by atoms with E-state index in [0.717, 1.165) is 33.8 Å². The Morgan fingerprint density at radius 3 is 1.73 bits per heavy atom. The van der Waals surface area contributed by atoms with Crippen LogP contribution in [0.3, 0.4) is 0 Å². The molecule has 0 radical (unpaired) electrons. The molecular weight excluding hydrogens is 455 g/mol. The zero-order valence-electron chi connectivity index (χ0n) is 18.1. The Labute approximate surface area is 202 Å². The van der Waals surface area contributed by atoms with Crippen molar-refractivity contribution in [1.29, 1.82) is 0 Å². The van der Waals surface area contributed by atoms with Gasteiger partial charge in [0.05, 0.1) is 24.7 Å². The smallest absolute Gasteiger partial charge is 0.195 e. The minimum Gasteiger partial charge on any atom is -0.497 e. The van der Waals surface area contributed by atoms with Crippen molar-refractivity contribution >= 4 is 29.0 Å². The molecule has 1 aliphatic carbocycles. The van der Waals surface area contributed by atoms with Crippen LogP contribution in [-0.4, -0.2) is 20.0 Å². The number of fused-ring (bicyclic) bond motifs is 2. The molecule has 164 valence electrons. The molecule has 0 spiro atoms. The van der Waals surface area contributed by atoms with Gasteiger partial charge in [-0.25, -0.2) is 0 Å². The van der Waals surface area contributed by atoms with E-state index in [1.807, 2.05) is 72.8 Å². The Morgan fingerprint density at radius 1 is 0.667 bits per heavy atom. The van der Waals surface area contributed by atoms with E-state index in [1.165, 1.54) is 0 Å². The van der Waals surface area contributed by atoms with E-state index in [0.29, 0.717) is 21.2 Å². The molecule has 0 unspecified atom stereocenters. The molecule has 0 amide bonds. The fraction of sp³-hybridized carbons (Fsp3) is 0.107. The SMILES string of the molecule is COc1ccc(C2(c3ccc(OC)cc3)c3cccc(Cl)c3C(=O)c3cccc(Cl)c32)cc1. The van der Waals surface area contributed by atoms with Crippen molar-refractivity contribution in [3.63, 3.8) is 0 Å². The fourth-order valence-corrected chi connectivity index (χ4v) is 5.46. The van der Waals surface area contributed by atoms with Gasteiger partial charge in [0.25, 0.3) is 0 Å². The van der Waals surface area contributed by atoms with Crippen molar-refractivity contribution in [2.45, 2.75) is 5.41 Å². The van der Waals surface area contributed by atoms with Gasteiger partial charge in [0.15, 0.2) is 5.78 Å². The summed E-state index contributed by atoms with van der Waals surface area (Å²) < 4.78 is 10.8. The Hall–Kier alpha value is -3.27. The molecule has 0 heterocycles. The Kier molecular flexibility index (Phi) is 5.40. The molecule has 0 N–H and O–H groups in total. The maximum Gasteiger partial charge on any atom is 0.195 e. The van der Waals surface area contributed by atoms with Gasteiger partial charge in [-0.1, -0.05) is 71.7 Å². The number of rotatable bonds is 4. The van der Waals surface area contributed by atoms with Crippen molar-refractivity contribution in [2.24, 2.45) is 0 Å². The Bertz CT molecular complexity index is 1310. The Balaban J connectivity index is 1.98. The van der Waals surface area contributed by atoms with Crippen molar-refractivity contribution < 1.29 is 14.3 Å². The fourth-order valence-electron chi connectivity index (χ4n) is 4.88. The number of halogens is 2. The highest BCUT2D eigenvalue weighted by Gasteiger charge is 2.48. The van der Waals surface area contributed by atoms with Gasteiger partial charge in [-0.05, 0) is 53.1 Å². The lowest BCUT2D eigenvalue weighted by Crippen LogP contribution is -2.38. The first-order valence-corrected chi connectivity index (χ1v) is 11.2. The summed E-state index contributed by atoms with van der Waals surface area (Å²) >= 11 is 13.5. The lowest BCUT2D eigenvalue weighted by molar-refractivity contribution is 0.103. The second kappa shape index (κ2) is 8.26. The van der Waals surface area contributed by atoms with Crippen LogP contribution in [0.2, 0.25) is 10.0 Å². The number of hydrogen-bond acceptors (Lipinski definition) is 3. The first kappa shape index (κ1) is 21.6. The van der Waals surface area contributed by atoms with E-state index >= 15 is 0 Å². The highest BCUT2D eigenvalue weighted by atomic mass is 35.5. The maximum atomic E-state index is 13.6. The molecule has 0 aromatic heterocycles. The van der Waals surface area contributed by atoms with Gasteiger partial charge >= 0.3 is 0 Å². The van der Waals surface area contributed by atoms with Gasteiger partial charge in [-0.15, -0.1) is 0 Å². The van der Waals surface area contributed by atoms with Gasteiger partial charge in [0, 0.05) is 21.7 Å². The van der Waals surface area contributed by atoms with Crippen molar-refractivity contribution in [2.75, 3.05) is 14.2 Å². The first-order valence-electron chi connectivity index (χ1n) is 10.4. The van der Waals surface area contributed by atoms with E-state index in [4.69, 9.17) is 32.7 Å². The molecule has 5 rings (SSSR count). The van der Waals surface area contributed by atoms with E-state index in [-0.39, 0.29) is 5.78 Å². The van der Waals surface area contributed by atoms with Crippen LogP contribution in [-0.2, 0) is 5.41 Å².